The minimum Gasteiger partial charge on any atom is -0.493 e. The molecule has 2 N–H and O–H groups in total. The second kappa shape index (κ2) is 7.66. The minimum absolute atomic E-state index is 0. The predicted octanol–water partition coefficient (Wildman–Crippen LogP) is 4.45. The van der Waals surface area contributed by atoms with E-state index in [0.717, 1.165) is 24.7 Å². The summed E-state index contributed by atoms with van der Waals surface area (Å²) < 4.78 is 6.00. The Morgan fingerprint density at radius 3 is 2.45 bits per heavy atom. The SMILES string of the molecule is CC(N)Cc1cc(-c2ccccc2)ccc1OCC1CC1.Cl. The van der Waals surface area contributed by atoms with Gasteiger partial charge in [-0.3, -0.25) is 0 Å². The molecular weight excluding hydrogens is 294 g/mol. The summed E-state index contributed by atoms with van der Waals surface area (Å²) in [6.07, 6.45) is 3.47. The first kappa shape index (κ1) is 16.9. The monoisotopic (exact) mass is 317 g/mol. The standard InChI is InChI=1S/C19H23NO.ClH/c1-14(20)11-18-12-17(16-5-3-2-4-6-16)9-10-19(18)21-13-15-7-8-15;/h2-6,9-10,12,14-15H,7-8,11,13,20H2,1H3;1H. The van der Waals surface area contributed by atoms with Crippen molar-refractivity contribution in [1.82, 2.24) is 0 Å². The van der Waals surface area contributed by atoms with Crippen LogP contribution in [0.15, 0.2) is 48.5 Å². The van der Waals surface area contributed by atoms with Crippen molar-refractivity contribution in [2.45, 2.75) is 32.2 Å². The summed E-state index contributed by atoms with van der Waals surface area (Å²) in [7, 11) is 0. The summed E-state index contributed by atoms with van der Waals surface area (Å²) in [4.78, 5) is 0. The lowest BCUT2D eigenvalue weighted by Gasteiger charge is -2.15. The van der Waals surface area contributed by atoms with E-state index in [1.807, 2.05) is 13.0 Å². The largest absolute Gasteiger partial charge is 0.493 e. The number of halogens is 1. The lowest BCUT2D eigenvalue weighted by molar-refractivity contribution is 0.296. The molecule has 0 spiro atoms. The minimum atomic E-state index is 0. The third-order valence-corrected chi connectivity index (χ3v) is 3.88. The third kappa shape index (κ3) is 4.49. The lowest BCUT2D eigenvalue weighted by atomic mass is 9.99. The Morgan fingerprint density at radius 1 is 1.09 bits per heavy atom. The normalized spacial score (nSPS) is 15.0. The van der Waals surface area contributed by atoms with Crippen LogP contribution in [0.25, 0.3) is 11.1 Å². The Labute approximate surface area is 139 Å². The summed E-state index contributed by atoms with van der Waals surface area (Å²) in [5.41, 5.74) is 9.67. The zero-order valence-corrected chi connectivity index (χ0v) is 13.8. The quantitative estimate of drug-likeness (QED) is 0.854. The third-order valence-electron chi connectivity index (χ3n) is 3.88. The Kier molecular flexibility index (Phi) is 5.87. The maximum atomic E-state index is 6.00. The van der Waals surface area contributed by atoms with Gasteiger partial charge >= 0.3 is 0 Å². The molecule has 1 saturated carbocycles. The van der Waals surface area contributed by atoms with E-state index in [4.69, 9.17) is 10.5 Å². The van der Waals surface area contributed by atoms with Crippen LogP contribution in [-0.2, 0) is 6.42 Å². The molecular formula is C19H24ClNO. The van der Waals surface area contributed by atoms with Gasteiger partial charge in [0.2, 0.25) is 0 Å². The number of nitrogens with two attached hydrogens (primary N) is 1. The van der Waals surface area contributed by atoms with Crippen LogP contribution in [0.3, 0.4) is 0 Å². The van der Waals surface area contributed by atoms with Crippen molar-refractivity contribution in [2.75, 3.05) is 6.61 Å². The molecule has 118 valence electrons. The van der Waals surface area contributed by atoms with E-state index in [9.17, 15) is 0 Å². The fourth-order valence-corrected chi connectivity index (χ4v) is 2.53. The maximum Gasteiger partial charge on any atom is 0.122 e. The van der Waals surface area contributed by atoms with Crippen molar-refractivity contribution in [3.63, 3.8) is 0 Å². The average Bonchev–Trinajstić information content (AvgIpc) is 3.30. The molecule has 0 bridgehead atoms. The van der Waals surface area contributed by atoms with Crippen LogP contribution in [0, 0.1) is 5.92 Å². The first-order valence-electron chi connectivity index (χ1n) is 7.79. The topological polar surface area (TPSA) is 35.2 Å². The summed E-state index contributed by atoms with van der Waals surface area (Å²) in [5.74, 6) is 1.76. The number of rotatable bonds is 6. The highest BCUT2D eigenvalue weighted by atomic mass is 35.5. The van der Waals surface area contributed by atoms with E-state index in [1.54, 1.807) is 0 Å². The summed E-state index contributed by atoms with van der Waals surface area (Å²) in [6, 6.07) is 17.0. The highest BCUT2D eigenvalue weighted by Gasteiger charge is 2.22. The van der Waals surface area contributed by atoms with Crippen molar-refractivity contribution in [2.24, 2.45) is 11.7 Å². The van der Waals surface area contributed by atoms with E-state index >= 15 is 0 Å². The van der Waals surface area contributed by atoms with E-state index < -0.39 is 0 Å². The molecule has 3 heteroatoms. The zero-order chi connectivity index (χ0) is 14.7. The molecule has 1 aliphatic rings. The zero-order valence-electron chi connectivity index (χ0n) is 13.0. The van der Waals surface area contributed by atoms with Gasteiger partial charge in [0.05, 0.1) is 6.61 Å². The molecule has 2 aromatic rings. The Morgan fingerprint density at radius 2 is 1.82 bits per heavy atom. The molecule has 1 fully saturated rings. The van der Waals surface area contributed by atoms with Gasteiger partial charge in [0.15, 0.2) is 0 Å². The number of hydrogen-bond donors (Lipinski definition) is 1. The molecule has 1 aliphatic carbocycles. The second-order valence-electron chi connectivity index (χ2n) is 6.12. The first-order valence-corrected chi connectivity index (χ1v) is 7.79. The van der Waals surface area contributed by atoms with Crippen LogP contribution in [0.2, 0.25) is 0 Å². The van der Waals surface area contributed by atoms with Gasteiger partial charge in [0.25, 0.3) is 0 Å². The van der Waals surface area contributed by atoms with Crippen LogP contribution in [0.4, 0.5) is 0 Å². The maximum absolute atomic E-state index is 6.00. The smallest absolute Gasteiger partial charge is 0.122 e. The molecule has 1 atom stereocenters. The summed E-state index contributed by atoms with van der Waals surface area (Å²) >= 11 is 0. The van der Waals surface area contributed by atoms with Crippen molar-refractivity contribution in [3.8, 4) is 16.9 Å². The van der Waals surface area contributed by atoms with Crippen molar-refractivity contribution >= 4 is 12.4 Å². The van der Waals surface area contributed by atoms with E-state index in [-0.39, 0.29) is 18.4 Å². The fourth-order valence-electron chi connectivity index (χ4n) is 2.53. The van der Waals surface area contributed by atoms with E-state index in [2.05, 4.69) is 42.5 Å². The summed E-state index contributed by atoms with van der Waals surface area (Å²) in [6.45, 7) is 2.89. The highest BCUT2D eigenvalue weighted by Crippen LogP contribution is 2.32. The van der Waals surface area contributed by atoms with Crippen LogP contribution < -0.4 is 10.5 Å². The molecule has 0 aliphatic heterocycles. The molecule has 0 radical (unpaired) electrons. The fraction of sp³-hybridized carbons (Fsp3) is 0.368. The molecule has 0 aromatic heterocycles. The van der Waals surface area contributed by atoms with Gasteiger partial charge in [-0.05, 0) is 60.9 Å². The molecule has 3 rings (SSSR count). The van der Waals surface area contributed by atoms with Gasteiger partial charge in [-0.25, -0.2) is 0 Å². The second-order valence-corrected chi connectivity index (χ2v) is 6.12. The van der Waals surface area contributed by atoms with Gasteiger partial charge in [-0.1, -0.05) is 36.4 Å². The van der Waals surface area contributed by atoms with Crippen molar-refractivity contribution in [3.05, 3.63) is 54.1 Å². The average molecular weight is 318 g/mol. The van der Waals surface area contributed by atoms with Crippen LogP contribution in [-0.4, -0.2) is 12.6 Å². The highest BCUT2D eigenvalue weighted by molar-refractivity contribution is 5.85. The number of benzene rings is 2. The summed E-state index contributed by atoms with van der Waals surface area (Å²) in [5, 5.41) is 0. The van der Waals surface area contributed by atoms with Gasteiger partial charge in [0, 0.05) is 6.04 Å². The lowest BCUT2D eigenvalue weighted by Crippen LogP contribution is -2.18. The van der Waals surface area contributed by atoms with Crippen LogP contribution in [0.5, 0.6) is 5.75 Å². The van der Waals surface area contributed by atoms with Crippen molar-refractivity contribution in [1.29, 1.82) is 0 Å². The number of hydrogen-bond acceptors (Lipinski definition) is 2. The molecule has 0 saturated heterocycles. The van der Waals surface area contributed by atoms with E-state index in [0.29, 0.717) is 0 Å². The Balaban J connectivity index is 0.00000176. The van der Waals surface area contributed by atoms with Crippen LogP contribution in [0.1, 0.15) is 25.3 Å². The Hall–Kier alpha value is -1.51. The van der Waals surface area contributed by atoms with Gasteiger partial charge in [0.1, 0.15) is 5.75 Å². The number of ether oxygens (including phenoxy) is 1. The van der Waals surface area contributed by atoms with E-state index in [1.165, 1.54) is 29.5 Å². The first-order chi connectivity index (χ1) is 10.2. The van der Waals surface area contributed by atoms with Gasteiger partial charge < -0.3 is 10.5 Å². The van der Waals surface area contributed by atoms with Crippen molar-refractivity contribution < 1.29 is 4.74 Å². The molecule has 0 amide bonds. The molecule has 22 heavy (non-hydrogen) atoms. The molecule has 0 heterocycles. The van der Waals surface area contributed by atoms with Gasteiger partial charge in [-0.15, -0.1) is 12.4 Å². The molecule has 2 nitrogen and oxygen atoms in total. The Bertz CT molecular complexity index is 594. The molecule has 1 unspecified atom stereocenters. The molecule has 2 aromatic carbocycles. The van der Waals surface area contributed by atoms with Crippen LogP contribution >= 0.6 is 12.4 Å². The van der Waals surface area contributed by atoms with Gasteiger partial charge in [-0.2, -0.15) is 0 Å². The predicted molar refractivity (Wildman–Crippen MR) is 94.7 cm³/mol.